The highest BCUT2D eigenvalue weighted by atomic mass is 32.2. The van der Waals surface area contributed by atoms with Crippen LogP contribution >= 0.6 is 0 Å². The van der Waals surface area contributed by atoms with Crippen molar-refractivity contribution in [2.24, 2.45) is 0 Å². The first-order valence-corrected chi connectivity index (χ1v) is 10.1. The molecule has 1 aliphatic rings. The van der Waals surface area contributed by atoms with Crippen LogP contribution in [-0.4, -0.2) is 62.2 Å². The number of likely N-dealkylation sites (tertiary alicyclic amines) is 1. The molecule has 1 amide bonds. The van der Waals surface area contributed by atoms with Crippen LogP contribution in [0.15, 0.2) is 18.3 Å². The smallest absolute Gasteiger partial charge is 0.217 e. The molecular formula is C16H26N4O4S. The van der Waals surface area contributed by atoms with Gasteiger partial charge in [0.15, 0.2) is 0 Å². The van der Waals surface area contributed by atoms with E-state index in [0.29, 0.717) is 19.6 Å². The maximum Gasteiger partial charge on any atom is 0.217 e. The Morgan fingerprint density at radius 3 is 3.00 bits per heavy atom. The highest BCUT2D eigenvalue weighted by molar-refractivity contribution is 7.89. The van der Waals surface area contributed by atoms with Gasteiger partial charge in [0.2, 0.25) is 15.9 Å². The maximum absolute atomic E-state index is 11.4. The number of carbonyl (C=O) groups excluding carboxylic acids is 1. The molecule has 9 heteroatoms. The Bertz CT molecular complexity index is 680. The normalized spacial score (nSPS) is 18.2. The van der Waals surface area contributed by atoms with Crippen LogP contribution in [-0.2, 0) is 21.4 Å². The monoisotopic (exact) mass is 370 g/mol. The zero-order valence-corrected chi connectivity index (χ0v) is 15.5. The van der Waals surface area contributed by atoms with Gasteiger partial charge in [0, 0.05) is 45.4 Å². The lowest BCUT2D eigenvalue weighted by Crippen LogP contribution is -2.35. The molecule has 1 atom stereocenters. The van der Waals surface area contributed by atoms with Gasteiger partial charge in [-0.25, -0.2) is 13.1 Å². The zero-order chi connectivity index (χ0) is 18.3. The van der Waals surface area contributed by atoms with Crippen LogP contribution < -0.4 is 14.8 Å². The summed E-state index contributed by atoms with van der Waals surface area (Å²) < 4.78 is 31.4. The molecule has 25 heavy (non-hydrogen) atoms. The minimum absolute atomic E-state index is 0.0683. The van der Waals surface area contributed by atoms with E-state index in [-0.39, 0.29) is 17.8 Å². The van der Waals surface area contributed by atoms with Gasteiger partial charge >= 0.3 is 0 Å². The van der Waals surface area contributed by atoms with Crippen LogP contribution in [0.3, 0.4) is 0 Å². The van der Waals surface area contributed by atoms with Crippen molar-refractivity contribution in [3.05, 3.63) is 24.0 Å². The molecule has 1 aromatic heterocycles. The highest BCUT2D eigenvalue weighted by Crippen LogP contribution is 2.18. The molecule has 0 aromatic carbocycles. The number of aromatic nitrogens is 1. The maximum atomic E-state index is 11.4. The summed E-state index contributed by atoms with van der Waals surface area (Å²) in [4.78, 5) is 17.4. The SMILES string of the molecule is CCS(=O)(=O)NCCN1CCC(Oc2ccnc(CNC(C)=O)c2)C1. The number of hydrogen-bond donors (Lipinski definition) is 2. The average molecular weight is 370 g/mol. The van der Waals surface area contributed by atoms with Gasteiger partial charge in [-0.15, -0.1) is 0 Å². The van der Waals surface area contributed by atoms with E-state index in [9.17, 15) is 13.2 Å². The van der Waals surface area contributed by atoms with E-state index < -0.39 is 10.0 Å². The molecule has 2 N–H and O–H groups in total. The van der Waals surface area contributed by atoms with E-state index in [1.807, 2.05) is 6.07 Å². The lowest BCUT2D eigenvalue weighted by Gasteiger charge is -2.17. The number of amides is 1. The standard InChI is InChI=1S/C16H26N4O4S/c1-3-25(22,23)19-7-9-20-8-5-16(12-20)24-15-4-6-17-14(10-15)11-18-13(2)21/h4,6,10,16,19H,3,5,7-9,11-12H2,1-2H3,(H,18,21). The van der Waals surface area contributed by atoms with E-state index in [1.165, 1.54) is 6.92 Å². The number of nitrogens with one attached hydrogen (secondary N) is 2. The Hall–Kier alpha value is -1.71. The molecule has 1 unspecified atom stereocenters. The molecule has 1 aromatic rings. The van der Waals surface area contributed by atoms with Gasteiger partial charge in [0.05, 0.1) is 18.0 Å². The fourth-order valence-electron chi connectivity index (χ4n) is 2.59. The Kier molecular flexibility index (Phi) is 7.15. The Balaban J connectivity index is 1.77. The second-order valence-corrected chi connectivity index (χ2v) is 8.12. The summed E-state index contributed by atoms with van der Waals surface area (Å²) in [6, 6.07) is 3.63. The first-order chi connectivity index (χ1) is 11.9. The van der Waals surface area contributed by atoms with Crippen LogP contribution in [0.25, 0.3) is 0 Å². The van der Waals surface area contributed by atoms with Gasteiger partial charge in [-0.05, 0) is 19.4 Å². The van der Waals surface area contributed by atoms with Gasteiger partial charge in [0.25, 0.3) is 0 Å². The number of hydrogen-bond acceptors (Lipinski definition) is 6. The molecule has 1 aliphatic heterocycles. The summed E-state index contributed by atoms with van der Waals surface area (Å²) in [5.74, 6) is 0.730. The van der Waals surface area contributed by atoms with E-state index >= 15 is 0 Å². The van der Waals surface area contributed by atoms with E-state index in [4.69, 9.17) is 4.74 Å². The molecule has 8 nitrogen and oxygen atoms in total. The number of carbonyl (C=O) groups is 1. The molecule has 0 saturated carbocycles. The number of rotatable bonds is 9. The summed E-state index contributed by atoms with van der Waals surface area (Å²) in [6.07, 6.45) is 2.63. The van der Waals surface area contributed by atoms with Gasteiger partial charge in [0.1, 0.15) is 11.9 Å². The van der Waals surface area contributed by atoms with Gasteiger partial charge in [-0.2, -0.15) is 0 Å². The molecule has 0 aliphatic carbocycles. The van der Waals surface area contributed by atoms with Crippen molar-refractivity contribution in [2.75, 3.05) is 31.9 Å². The van der Waals surface area contributed by atoms with Gasteiger partial charge < -0.3 is 10.1 Å². The first-order valence-electron chi connectivity index (χ1n) is 8.43. The molecule has 2 heterocycles. The summed E-state index contributed by atoms with van der Waals surface area (Å²) in [5.41, 5.74) is 0.747. The van der Waals surface area contributed by atoms with Gasteiger partial charge in [-0.1, -0.05) is 0 Å². The van der Waals surface area contributed by atoms with Gasteiger partial charge in [-0.3, -0.25) is 14.7 Å². The van der Waals surface area contributed by atoms with Crippen LogP contribution in [0.2, 0.25) is 0 Å². The van der Waals surface area contributed by atoms with E-state index in [2.05, 4.69) is 19.9 Å². The first kappa shape index (κ1) is 19.6. The largest absolute Gasteiger partial charge is 0.489 e. The van der Waals surface area contributed by atoms with Crippen molar-refractivity contribution in [3.63, 3.8) is 0 Å². The molecule has 1 fully saturated rings. The quantitative estimate of drug-likeness (QED) is 0.640. The minimum Gasteiger partial charge on any atom is -0.489 e. The molecule has 0 bridgehead atoms. The topological polar surface area (TPSA) is 101 Å². The van der Waals surface area contributed by atoms with E-state index in [1.54, 1.807) is 19.2 Å². The highest BCUT2D eigenvalue weighted by Gasteiger charge is 2.24. The molecule has 2 rings (SSSR count). The van der Waals surface area contributed by atoms with Crippen molar-refractivity contribution in [1.29, 1.82) is 0 Å². The molecule has 0 spiro atoms. The van der Waals surface area contributed by atoms with Crippen LogP contribution in [0.5, 0.6) is 5.75 Å². The predicted octanol–water partition coefficient (Wildman–Crippen LogP) is 0.110. The van der Waals surface area contributed by atoms with Crippen molar-refractivity contribution in [3.8, 4) is 5.75 Å². The van der Waals surface area contributed by atoms with E-state index in [0.717, 1.165) is 31.0 Å². The lowest BCUT2D eigenvalue weighted by molar-refractivity contribution is -0.119. The number of ether oxygens (including phenoxy) is 1. The Labute approximate surface area is 149 Å². The molecule has 0 radical (unpaired) electrons. The number of nitrogens with zero attached hydrogens (tertiary/aromatic N) is 2. The van der Waals surface area contributed by atoms with Crippen LogP contribution in [0.1, 0.15) is 26.0 Å². The third-order valence-electron chi connectivity index (χ3n) is 3.97. The van der Waals surface area contributed by atoms with Crippen molar-refractivity contribution in [1.82, 2.24) is 19.9 Å². The second-order valence-electron chi connectivity index (χ2n) is 6.02. The molecule has 1 saturated heterocycles. The molecule has 140 valence electrons. The fourth-order valence-corrected chi connectivity index (χ4v) is 3.20. The van der Waals surface area contributed by atoms with Crippen molar-refractivity contribution in [2.45, 2.75) is 32.9 Å². The Morgan fingerprint density at radius 2 is 2.28 bits per heavy atom. The van der Waals surface area contributed by atoms with Crippen molar-refractivity contribution >= 4 is 15.9 Å². The van der Waals surface area contributed by atoms with Crippen LogP contribution in [0.4, 0.5) is 0 Å². The second kappa shape index (κ2) is 9.12. The number of pyridine rings is 1. The van der Waals surface area contributed by atoms with Crippen molar-refractivity contribution < 1.29 is 17.9 Å². The minimum atomic E-state index is -3.13. The Morgan fingerprint density at radius 1 is 1.48 bits per heavy atom. The lowest BCUT2D eigenvalue weighted by atomic mass is 10.3. The summed E-state index contributed by atoms with van der Waals surface area (Å²) in [6.45, 7) is 6.19. The predicted molar refractivity (Wildman–Crippen MR) is 94.7 cm³/mol. The third-order valence-corrected chi connectivity index (χ3v) is 5.37. The summed E-state index contributed by atoms with van der Waals surface area (Å²) in [7, 11) is -3.13. The molecular weight excluding hydrogens is 344 g/mol. The average Bonchev–Trinajstić information content (AvgIpc) is 3.00. The summed E-state index contributed by atoms with van der Waals surface area (Å²) >= 11 is 0. The summed E-state index contributed by atoms with van der Waals surface area (Å²) in [5, 5.41) is 2.71. The van der Waals surface area contributed by atoms with Crippen LogP contribution in [0, 0.1) is 0 Å². The fraction of sp³-hybridized carbons (Fsp3) is 0.625. The number of sulfonamides is 1. The third kappa shape index (κ3) is 6.97. The zero-order valence-electron chi connectivity index (χ0n) is 14.7.